The van der Waals surface area contributed by atoms with Crippen molar-refractivity contribution in [1.29, 1.82) is 0 Å². The zero-order chi connectivity index (χ0) is 17.0. The van der Waals surface area contributed by atoms with Crippen LogP contribution in [0.1, 0.15) is 36.7 Å². The van der Waals surface area contributed by atoms with Gasteiger partial charge in [0.2, 0.25) is 0 Å². The van der Waals surface area contributed by atoms with Gasteiger partial charge in [-0.25, -0.2) is 4.39 Å². The normalized spacial score (nSPS) is 10.7. The van der Waals surface area contributed by atoms with Crippen LogP contribution in [0.25, 0.3) is 0 Å². The van der Waals surface area contributed by atoms with Crippen molar-refractivity contribution >= 4 is 17.3 Å². The quantitative estimate of drug-likeness (QED) is 0.873. The number of nitrogens with zero attached hydrogens (tertiary/aromatic N) is 1. The van der Waals surface area contributed by atoms with Crippen molar-refractivity contribution in [3.05, 3.63) is 59.4 Å². The summed E-state index contributed by atoms with van der Waals surface area (Å²) in [5, 5.41) is 2.82. The number of carbonyl (C=O) groups excluding carboxylic acids is 1. The van der Waals surface area contributed by atoms with E-state index in [1.165, 1.54) is 12.1 Å². The van der Waals surface area contributed by atoms with Crippen molar-refractivity contribution in [2.24, 2.45) is 0 Å². The fourth-order valence-corrected chi connectivity index (χ4v) is 2.62. The molecule has 1 amide bonds. The Balaban J connectivity index is 2.14. The Morgan fingerprint density at radius 1 is 1.17 bits per heavy atom. The molecule has 2 rings (SSSR count). The maximum Gasteiger partial charge on any atom is 0.256 e. The number of nitrogens with one attached hydrogen (secondary N) is 1. The van der Waals surface area contributed by atoms with Gasteiger partial charge in [-0.1, -0.05) is 6.07 Å². The van der Waals surface area contributed by atoms with Gasteiger partial charge in [-0.3, -0.25) is 4.79 Å². The lowest BCUT2D eigenvalue weighted by molar-refractivity contribution is 0.102. The Morgan fingerprint density at radius 2 is 1.83 bits per heavy atom. The average Bonchev–Trinajstić information content (AvgIpc) is 2.51. The van der Waals surface area contributed by atoms with Gasteiger partial charge < -0.3 is 10.2 Å². The van der Waals surface area contributed by atoms with E-state index in [0.717, 1.165) is 17.8 Å². The zero-order valence-corrected chi connectivity index (χ0v) is 14.1. The molecule has 0 spiro atoms. The van der Waals surface area contributed by atoms with Crippen LogP contribution >= 0.6 is 0 Å². The van der Waals surface area contributed by atoms with Crippen LogP contribution in [0.3, 0.4) is 0 Å². The summed E-state index contributed by atoms with van der Waals surface area (Å²) >= 11 is 0. The molecule has 2 aromatic carbocycles. The van der Waals surface area contributed by atoms with E-state index in [1.54, 1.807) is 13.0 Å². The number of carbonyl (C=O) groups is 1. The first-order valence-corrected chi connectivity index (χ1v) is 7.86. The molecule has 0 aliphatic heterocycles. The Morgan fingerprint density at radius 3 is 2.39 bits per heavy atom. The summed E-state index contributed by atoms with van der Waals surface area (Å²) in [6.07, 6.45) is 0. The molecule has 0 saturated carbocycles. The van der Waals surface area contributed by atoms with Gasteiger partial charge in [-0.05, 0) is 69.7 Å². The first-order valence-electron chi connectivity index (χ1n) is 7.86. The lowest BCUT2D eigenvalue weighted by Crippen LogP contribution is -2.30. The molecular formula is C19H23FN2O. The first kappa shape index (κ1) is 17.0. The summed E-state index contributed by atoms with van der Waals surface area (Å²) in [4.78, 5) is 14.5. The Labute approximate surface area is 137 Å². The van der Waals surface area contributed by atoms with Gasteiger partial charge in [0, 0.05) is 29.5 Å². The minimum atomic E-state index is -0.411. The van der Waals surface area contributed by atoms with Crippen molar-refractivity contribution in [1.82, 2.24) is 0 Å². The summed E-state index contributed by atoms with van der Waals surface area (Å²) in [7, 11) is 0. The lowest BCUT2D eigenvalue weighted by atomic mass is 10.1. The highest BCUT2D eigenvalue weighted by Crippen LogP contribution is 2.21. The highest BCUT2D eigenvalue weighted by Gasteiger charge is 2.12. The van der Waals surface area contributed by atoms with Crippen molar-refractivity contribution in [2.45, 2.75) is 33.7 Å². The van der Waals surface area contributed by atoms with Gasteiger partial charge in [-0.2, -0.15) is 0 Å². The summed E-state index contributed by atoms with van der Waals surface area (Å²) in [6.45, 7) is 9.12. The molecule has 0 radical (unpaired) electrons. The van der Waals surface area contributed by atoms with E-state index in [-0.39, 0.29) is 5.91 Å². The molecule has 0 fully saturated rings. The highest BCUT2D eigenvalue weighted by molar-refractivity contribution is 6.05. The van der Waals surface area contributed by atoms with Crippen LogP contribution in [-0.4, -0.2) is 18.5 Å². The van der Waals surface area contributed by atoms with Crippen molar-refractivity contribution < 1.29 is 9.18 Å². The molecule has 0 aliphatic rings. The molecule has 0 bridgehead atoms. The standard InChI is InChI=1S/C19H23FN2O/c1-5-22(13(2)3)17-10-8-16(9-11-17)21-19(23)18-12-15(20)7-6-14(18)4/h6-13H,5H2,1-4H3,(H,21,23). The molecule has 1 N–H and O–H groups in total. The van der Waals surface area contributed by atoms with Gasteiger partial charge in [0.25, 0.3) is 5.91 Å². The SMILES string of the molecule is CCN(c1ccc(NC(=O)c2cc(F)ccc2C)cc1)C(C)C. The van der Waals surface area contributed by atoms with E-state index in [1.807, 2.05) is 24.3 Å². The van der Waals surface area contributed by atoms with E-state index in [9.17, 15) is 9.18 Å². The number of rotatable bonds is 5. The average molecular weight is 314 g/mol. The molecule has 3 nitrogen and oxygen atoms in total. The Bertz CT molecular complexity index is 680. The van der Waals surface area contributed by atoms with Crippen LogP contribution in [0.5, 0.6) is 0 Å². The number of benzene rings is 2. The summed E-state index contributed by atoms with van der Waals surface area (Å²) < 4.78 is 13.3. The van der Waals surface area contributed by atoms with Crippen molar-refractivity contribution in [3.63, 3.8) is 0 Å². The van der Waals surface area contributed by atoms with E-state index < -0.39 is 5.82 Å². The van der Waals surface area contributed by atoms with Crippen LogP contribution in [0.15, 0.2) is 42.5 Å². The van der Waals surface area contributed by atoms with Gasteiger partial charge in [0.05, 0.1) is 0 Å². The lowest BCUT2D eigenvalue weighted by Gasteiger charge is -2.27. The number of hydrogen-bond acceptors (Lipinski definition) is 2. The largest absolute Gasteiger partial charge is 0.369 e. The Kier molecular flexibility index (Phi) is 5.37. The monoisotopic (exact) mass is 314 g/mol. The highest BCUT2D eigenvalue weighted by atomic mass is 19.1. The molecule has 0 aliphatic carbocycles. The third-order valence-electron chi connectivity index (χ3n) is 3.87. The van der Waals surface area contributed by atoms with E-state index in [4.69, 9.17) is 0 Å². The van der Waals surface area contributed by atoms with Gasteiger partial charge >= 0.3 is 0 Å². The van der Waals surface area contributed by atoms with E-state index >= 15 is 0 Å². The third kappa shape index (κ3) is 4.09. The summed E-state index contributed by atoms with van der Waals surface area (Å²) in [6, 6.07) is 12.3. The number of hydrogen-bond donors (Lipinski definition) is 1. The number of anilines is 2. The molecule has 4 heteroatoms. The molecule has 23 heavy (non-hydrogen) atoms. The van der Waals surface area contributed by atoms with E-state index in [2.05, 4.69) is 31.0 Å². The van der Waals surface area contributed by atoms with E-state index in [0.29, 0.717) is 17.3 Å². The number of aryl methyl sites for hydroxylation is 1. The molecule has 122 valence electrons. The maximum atomic E-state index is 13.3. The van der Waals surface area contributed by atoms with Crippen molar-refractivity contribution in [2.75, 3.05) is 16.8 Å². The number of amides is 1. The van der Waals surface area contributed by atoms with Crippen LogP contribution in [-0.2, 0) is 0 Å². The molecule has 0 heterocycles. The van der Waals surface area contributed by atoms with Gasteiger partial charge in [0.15, 0.2) is 0 Å². The molecule has 2 aromatic rings. The first-order chi connectivity index (χ1) is 10.9. The topological polar surface area (TPSA) is 32.3 Å². The smallest absolute Gasteiger partial charge is 0.256 e. The predicted molar refractivity (Wildman–Crippen MR) is 93.7 cm³/mol. The fraction of sp³-hybridized carbons (Fsp3) is 0.316. The molecule has 0 atom stereocenters. The minimum Gasteiger partial charge on any atom is -0.369 e. The summed E-state index contributed by atoms with van der Waals surface area (Å²) in [5.74, 6) is -0.711. The third-order valence-corrected chi connectivity index (χ3v) is 3.87. The predicted octanol–water partition coefficient (Wildman–Crippen LogP) is 4.62. The van der Waals surface area contributed by atoms with Crippen LogP contribution in [0.4, 0.5) is 15.8 Å². The zero-order valence-electron chi connectivity index (χ0n) is 14.1. The van der Waals surface area contributed by atoms with Crippen LogP contribution in [0.2, 0.25) is 0 Å². The molecule has 0 saturated heterocycles. The van der Waals surface area contributed by atoms with Crippen LogP contribution in [0, 0.1) is 12.7 Å². The molecular weight excluding hydrogens is 291 g/mol. The molecule has 0 aromatic heterocycles. The fourth-order valence-electron chi connectivity index (χ4n) is 2.62. The molecule has 0 unspecified atom stereocenters. The Hall–Kier alpha value is -2.36. The second-order valence-corrected chi connectivity index (χ2v) is 5.84. The summed E-state index contributed by atoms with van der Waals surface area (Å²) in [5.41, 5.74) is 2.91. The van der Waals surface area contributed by atoms with Crippen LogP contribution < -0.4 is 10.2 Å². The minimum absolute atomic E-state index is 0.300. The van der Waals surface area contributed by atoms with Gasteiger partial charge in [-0.15, -0.1) is 0 Å². The number of halogens is 1. The van der Waals surface area contributed by atoms with Gasteiger partial charge in [0.1, 0.15) is 5.82 Å². The second kappa shape index (κ2) is 7.27. The second-order valence-electron chi connectivity index (χ2n) is 5.84. The maximum absolute atomic E-state index is 13.3. The van der Waals surface area contributed by atoms with Crippen molar-refractivity contribution in [3.8, 4) is 0 Å².